The Bertz CT molecular complexity index is 1310. The number of benzene rings is 3. The van der Waals surface area contributed by atoms with E-state index in [-0.39, 0.29) is 25.9 Å². The fraction of sp³-hybridized carbons (Fsp3) is 0.154. The maximum Gasteiger partial charge on any atom is 0.329 e. The van der Waals surface area contributed by atoms with Gasteiger partial charge in [0.25, 0.3) is 5.91 Å². The number of nitrogens with zero attached hydrogens (tertiary/aromatic N) is 1. The number of amides is 3. The largest absolute Gasteiger partial charge is 0.497 e. The lowest BCUT2D eigenvalue weighted by Gasteiger charge is -2.08. The van der Waals surface area contributed by atoms with Crippen LogP contribution in [-0.2, 0) is 20.9 Å². The first-order chi connectivity index (χ1) is 18.0. The highest BCUT2D eigenvalue weighted by Gasteiger charge is 2.15. The van der Waals surface area contributed by atoms with Gasteiger partial charge in [0.05, 0.1) is 13.3 Å². The Balaban J connectivity index is 1.20. The van der Waals surface area contributed by atoms with Gasteiger partial charge >= 0.3 is 11.8 Å². The Hall–Kier alpha value is -5.06. The average Bonchev–Trinajstić information content (AvgIpc) is 3.39. The zero-order valence-corrected chi connectivity index (χ0v) is 19.9. The van der Waals surface area contributed by atoms with Crippen LogP contribution in [0.5, 0.6) is 23.0 Å². The van der Waals surface area contributed by atoms with Crippen molar-refractivity contribution in [2.75, 3.05) is 25.8 Å². The molecule has 4 rings (SSSR count). The maximum absolute atomic E-state index is 12.1. The van der Waals surface area contributed by atoms with Gasteiger partial charge in [0.1, 0.15) is 11.5 Å². The van der Waals surface area contributed by atoms with Gasteiger partial charge in [0, 0.05) is 12.2 Å². The molecule has 0 saturated heterocycles. The molecule has 0 fully saturated rings. The zero-order valence-electron chi connectivity index (χ0n) is 19.9. The second kappa shape index (κ2) is 12.1. The first-order valence-corrected chi connectivity index (χ1v) is 11.2. The van der Waals surface area contributed by atoms with Crippen molar-refractivity contribution in [3.8, 4) is 23.0 Å². The topological polar surface area (TPSA) is 137 Å². The Kier molecular flexibility index (Phi) is 8.17. The number of hydrogen-bond acceptors (Lipinski definition) is 8. The van der Waals surface area contributed by atoms with Crippen LogP contribution in [0.4, 0.5) is 5.69 Å². The molecule has 0 unspecified atom stereocenters. The highest BCUT2D eigenvalue weighted by atomic mass is 16.7. The molecule has 1 heterocycles. The van der Waals surface area contributed by atoms with Gasteiger partial charge in [-0.1, -0.05) is 18.2 Å². The molecule has 1 aliphatic heterocycles. The van der Waals surface area contributed by atoms with E-state index in [0.29, 0.717) is 34.2 Å². The fourth-order valence-electron chi connectivity index (χ4n) is 3.23. The standard InChI is InChI=1S/C26H24N4O7/c1-34-20-8-6-19(7-9-20)29-24(31)15-35-21-4-2-3-17(11-21)14-28-30-26(33)25(32)27-13-18-5-10-22-23(12-18)37-16-36-22/h2-12,14H,13,15-16H2,1H3,(H,27,32)(H,29,31)(H,30,33)/b28-14-. The van der Waals surface area contributed by atoms with Gasteiger partial charge in [0.2, 0.25) is 6.79 Å². The molecule has 0 aromatic heterocycles. The van der Waals surface area contributed by atoms with E-state index in [4.69, 9.17) is 18.9 Å². The molecule has 0 bridgehead atoms. The Morgan fingerprint density at radius 1 is 0.946 bits per heavy atom. The van der Waals surface area contributed by atoms with Crippen LogP contribution in [0.15, 0.2) is 71.8 Å². The average molecular weight is 504 g/mol. The number of hydrogen-bond donors (Lipinski definition) is 3. The lowest BCUT2D eigenvalue weighted by Crippen LogP contribution is -2.37. The SMILES string of the molecule is COc1ccc(NC(=O)COc2cccc(/C=N\NC(=O)C(=O)NCc3ccc4c(c3)OCO4)c2)cc1. The molecule has 0 atom stereocenters. The summed E-state index contributed by atoms with van der Waals surface area (Å²) < 4.78 is 21.1. The second-order valence-electron chi connectivity index (χ2n) is 7.71. The van der Waals surface area contributed by atoms with Crippen LogP contribution < -0.4 is 35.0 Å². The van der Waals surface area contributed by atoms with Crippen molar-refractivity contribution < 1.29 is 33.3 Å². The van der Waals surface area contributed by atoms with E-state index in [1.54, 1.807) is 73.8 Å². The number of carbonyl (C=O) groups excluding carboxylic acids is 3. The number of carbonyl (C=O) groups is 3. The van der Waals surface area contributed by atoms with Crippen LogP contribution in [0.3, 0.4) is 0 Å². The molecule has 11 heteroatoms. The van der Waals surface area contributed by atoms with Crippen LogP contribution in [0.2, 0.25) is 0 Å². The van der Waals surface area contributed by atoms with E-state index < -0.39 is 11.8 Å². The minimum Gasteiger partial charge on any atom is -0.497 e. The molecule has 0 saturated carbocycles. The van der Waals surface area contributed by atoms with E-state index in [2.05, 4.69) is 21.2 Å². The summed E-state index contributed by atoms with van der Waals surface area (Å²) in [4.78, 5) is 36.2. The summed E-state index contributed by atoms with van der Waals surface area (Å²) in [6.07, 6.45) is 1.35. The van der Waals surface area contributed by atoms with Crippen molar-refractivity contribution in [2.45, 2.75) is 6.54 Å². The third kappa shape index (κ3) is 7.21. The molecule has 0 spiro atoms. The molecule has 3 aromatic rings. The second-order valence-corrected chi connectivity index (χ2v) is 7.71. The van der Waals surface area contributed by atoms with Crippen LogP contribution >= 0.6 is 0 Å². The van der Waals surface area contributed by atoms with Crippen molar-refractivity contribution in [2.24, 2.45) is 5.10 Å². The summed E-state index contributed by atoms with van der Waals surface area (Å²) in [5.74, 6) is 0.253. The normalized spacial score (nSPS) is 11.6. The quantitative estimate of drug-likeness (QED) is 0.231. The van der Waals surface area contributed by atoms with Crippen molar-refractivity contribution in [3.63, 3.8) is 0 Å². The molecule has 190 valence electrons. The summed E-state index contributed by atoms with van der Waals surface area (Å²) in [7, 11) is 1.56. The van der Waals surface area contributed by atoms with Crippen LogP contribution in [0.1, 0.15) is 11.1 Å². The summed E-state index contributed by atoms with van der Waals surface area (Å²) in [5, 5.41) is 9.04. The first kappa shape index (κ1) is 25.0. The minimum absolute atomic E-state index is 0.137. The van der Waals surface area contributed by atoms with Gasteiger partial charge in [-0.15, -0.1) is 0 Å². The lowest BCUT2D eigenvalue weighted by molar-refractivity contribution is -0.139. The monoisotopic (exact) mass is 504 g/mol. The predicted octanol–water partition coefficient (Wildman–Crippen LogP) is 2.21. The number of anilines is 1. The number of hydrazone groups is 1. The molecular weight excluding hydrogens is 480 g/mol. The molecule has 0 aliphatic carbocycles. The number of methoxy groups -OCH3 is 1. The van der Waals surface area contributed by atoms with E-state index in [1.807, 2.05) is 0 Å². The van der Waals surface area contributed by atoms with E-state index >= 15 is 0 Å². The molecule has 3 N–H and O–H groups in total. The Labute approximate surface area is 212 Å². The lowest BCUT2D eigenvalue weighted by atomic mass is 10.2. The van der Waals surface area contributed by atoms with Gasteiger partial charge < -0.3 is 29.6 Å². The Morgan fingerprint density at radius 3 is 2.57 bits per heavy atom. The van der Waals surface area contributed by atoms with Crippen LogP contribution in [-0.4, -0.2) is 44.4 Å². The summed E-state index contributed by atoms with van der Waals surface area (Å²) in [6.45, 7) is 0.0887. The fourth-order valence-corrected chi connectivity index (χ4v) is 3.23. The number of ether oxygens (including phenoxy) is 4. The van der Waals surface area contributed by atoms with Gasteiger partial charge in [-0.2, -0.15) is 5.10 Å². The summed E-state index contributed by atoms with van der Waals surface area (Å²) in [6, 6.07) is 18.9. The Morgan fingerprint density at radius 2 is 1.76 bits per heavy atom. The van der Waals surface area contributed by atoms with Crippen molar-refractivity contribution in [1.29, 1.82) is 0 Å². The van der Waals surface area contributed by atoms with Gasteiger partial charge in [-0.05, 0) is 59.7 Å². The number of rotatable bonds is 9. The highest BCUT2D eigenvalue weighted by Crippen LogP contribution is 2.32. The molecule has 0 radical (unpaired) electrons. The van der Waals surface area contributed by atoms with Crippen molar-refractivity contribution >= 4 is 29.6 Å². The highest BCUT2D eigenvalue weighted by molar-refractivity contribution is 6.35. The molecule has 3 amide bonds. The van der Waals surface area contributed by atoms with Crippen LogP contribution in [0, 0.1) is 0 Å². The predicted molar refractivity (Wildman–Crippen MR) is 134 cm³/mol. The molecular formula is C26H24N4O7. The van der Waals surface area contributed by atoms with Gasteiger partial charge in [-0.25, -0.2) is 5.43 Å². The summed E-state index contributed by atoms with van der Waals surface area (Å²) >= 11 is 0. The molecule has 37 heavy (non-hydrogen) atoms. The third-order valence-electron chi connectivity index (χ3n) is 5.08. The smallest absolute Gasteiger partial charge is 0.329 e. The van der Waals surface area contributed by atoms with Gasteiger partial charge in [0.15, 0.2) is 18.1 Å². The minimum atomic E-state index is -0.917. The third-order valence-corrected chi connectivity index (χ3v) is 5.08. The van der Waals surface area contributed by atoms with Crippen molar-refractivity contribution in [1.82, 2.24) is 10.7 Å². The van der Waals surface area contributed by atoms with E-state index in [0.717, 1.165) is 5.56 Å². The molecule has 11 nitrogen and oxygen atoms in total. The summed E-state index contributed by atoms with van der Waals surface area (Å²) in [5.41, 5.74) is 4.14. The van der Waals surface area contributed by atoms with E-state index in [1.165, 1.54) is 6.21 Å². The van der Waals surface area contributed by atoms with Crippen molar-refractivity contribution in [3.05, 3.63) is 77.9 Å². The number of nitrogens with one attached hydrogen (secondary N) is 3. The number of fused-ring (bicyclic) bond motifs is 1. The molecule has 3 aromatic carbocycles. The van der Waals surface area contributed by atoms with Gasteiger partial charge in [-0.3, -0.25) is 14.4 Å². The zero-order chi connectivity index (χ0) is 26.0. The van der Waals surface area contributed by atoms with E-state index in [9.17, 15) is 14.4 Å². The van der Waals surface area contributed by atoms with Crippen LogP contribution in [0.25, 0.3) is 0 Å². The molecule has 1 aliphatic rings. The first-order valence-electron chi connectivity index (χ1n) is 11.2. The maximum atomic E-state index is 12.1.